The number of benzene rings is 1. The fourth-order valence-corrected chi connectivity index (χ4v) is 4.00. The SMILES string of the molecule is Cc1ccc(-n2ncc(C(=O)N3CCN(c4ncccc4C#N)CC3)c2C(C)C)cc1. The first-order valence-electron chi connectivity index (χ1n) is 10.5. The molecular formula is C24H26N6O. The van der Waals surface area contributed by atoms with E-state index in [9.17, 15) is 10.1 Å². The summed E-state index contributed by atoms with van der Waals surface area (Å²) >= 11 is 0. The Balaban J connectivity index is 1.54. The molecule has 1 saturated heterocycles. The largest absolute Gasteiger partial charge is 0.352 e. The Labute approximate surface area is 182 Å². The molecule has 1 aromatic carbocycles. The zero-order valence-corrected chi connectivity index (χ0v) is 18.1. The number of rotatable bonds is 4. The van der Waals surface area contributed by atoms with Gasteiger partial charge in [0.25, 0.3) is 5.91 Å². The summed E-state index contributed by atoms with van der Waals surface area (Å²) < 4.78 is 1.88. The first-order chi connectivity index (χ1) is 15.0. The molecule has 7 nitrogen and oxygen atoms in total. The van der Waals surface area contributed by atoms with Crippen molar-refractivity contribution in [1.82, 2.24) is 19.7 Å². The first-order valence-corrected chi connectivity index (χ1v) is 10.5. The van der Waals surface area contributed by atoms with E-state index in [-0.39, 0.29) is 11.8 Å². The summed E-state index contributed by atoms with van der Waals surface area (Å²) in [6.45, 7) is 8.65. The van der Waals surface area contributed by atoms with E-state index in [2.05, 4.69) is 54.0 Å². The molecule has 1 aliphatic heterocycles. The van der Waals surface area contributed by atoms with Crippen LogP contribution in [0.4, 0.5) is 5.82 Å². The Hall–Kier alpha value is -3.66. The van der Waals surface area contributed by atoms with E-state index < -0.39 is 0 Å². The van der Waals surface area contributed by atoms with Gasteiger partial charge in [-0.2, -0.15) is 10.4 Å². The second-order valence-corrected chi connectivity index (χ2v) is 8.11. The summed E-state index contributed by atoms with van der Waals surface area (Å²) in [5.74, 6) is 0.839. The summed E-state index contributed by atoms with van der Waals surface area (Å²) in [5.41, 5.74) is 4.28. The van der Waals surface area contributed by atoms with Gasteiger partial charge in [0.15, 0.2) is 0 Å². The minimum atomic E-state index is 0.00300. The number of aromatic nitrogens is 3. The molecule has 0 unspecified atom stereocenters. The highest BCUT2D eigenvalue weighted by atomic mass is 16.2. The summed E-state index contributed by atoms with van der Waals surface area (Å²) in [7, 11) is 0. The average Bonchev–Trinajstić information content (AvgIpc) is 3.24. The number of hydrogen-bond donors (Lipinski definition) is 0. The van der Waals surface area contributed by atoms with E-state index >= 15 is 0 Å². The Kier molecular flexibility index (Phi) is 5.72. The quantitative estimate of drug-likeness (QED) is 0.653. The second kappa shape index (κ2) is 8.60. The molecule has 1 amide bonds. The van der Waals surface area contributed by atoms with Crippen molar-refractivity contribution in [2.75, 3.05) is 31.1 Å². The van der Waals surface area contributed by atoms with Gasteiger partial charge in [0, 0.05) is 32.4 Å². The van der Waals surface area contributed by atoms with Crippen molar-refractivity contribution in [3.8, 4) is 11.8 Å². The van der Waals surface area contributed by atoms with Gasteiger partial charge in [0.05, 0.1) is 28.7 Å². The Bertz CT molecular complexity index is 1120. The molecule has 0 N–H and O–H groups in total. The first kappa shape index (κ1) is 20.6. The van der Waals surface area contributed by atoms with Crippen molar-refractivity contribution in [2.24, 2.45) is 0 Å². The number of amides is 1. The number of nitrogens with zero attached hydrogens (tertiary/aromatic N) is 6. The smallest absolute Gasteiger partial charge is 0.257 e. The molecule has 0 spiro atoms. The predicted octanol–water partition coefficient (Wildman–Crippen LogP) is 3.53. The summed E-state index contributed by atoms with van der Waals surface area (Å²) in [4.78, 5) is 21.7. The van der Waals surface area contributed by atoms with E-state index in [4.69, 9.17) is 0 Å². The third kappa shape index (κ3) is 4.02. The Morgan fingerprint density at radius 2 is 1.81 bits per heavy atom. The summed E-state index contributed by atoms with van der Waals surface area (Å²) in [5, 5.41) is 13.9. The lowest BCUT2D eigenvalue weighted by Gasteiger charge is -2.35. The molecule has 1 aliphatic rings. The number of piperazine rings is 1. The van der Waals surface area contributed by atoms with Gasteiger partial charge >= 0.3 is 0 Å². The van der Waals surface area contributed by atoms with E-state index in [0.29, 0.717) is 43.1 Å². The number of nitriles is 1. The Morgan fingerprint density at radius 3 is 2.45 bits per heavy atom. The van der Waals surface area contributed by atoms with E-state index in [0.717, 1.165) is 11.4 Å². The molecule has 0 atom stereocenters. The number of carbonyl (C=O) groups is 1. The molecule has 0 saturated carbocycles. The second-order valence-electron chi connectivity index (χ2n) is 8.11. The molecule has 31 heavy (non-hydrogen) atoms. The molecule has 7 heteroatoms. The van der Waals surface area contributed by atoms with Crippen LogP contribution in [0.1, 0.15) is 46.9 Å². The fraction of sp³-hybridized carbons (Fsp3) is 0.333. The van der Waals surface area contributed by atoms with Crippen LogP contribution in [0, 0.1) is 18.3 Å². The van der Waals surface area contributed by atoms with E-state index in [1.807, 2.05) is 21.7 Å². The van der Waals surface area contributed by atoms with Gasteiger partial charge in [-0.1, -0.05) is 31.5 Å². The van der Waals surface area contributed by atoms with Gasteiger partial charge in [-0.05, 0) is 37.1 Å². The van der Waals surface area contributed by atoms with Crippen molar-refractivity contribution in [3.05, 3.63) is 71.2 Å². The minimum absolute atomic E-state index is 0.00300. The van der Waals surface area contributed by atoms with Crippen molar-refractivity contribution < 1.29 is 4.79 Å². The Morgan fingerprint density at radius 1 is 1.10 bits per heavy atom. The molecule has 2 aromatic heterocycles. The van der Waals surface area contributed by atoms with E-state index in [1.54, 1.807) is 24.5 Å². The van der Waals surface area contributed by atoms with Crippen molar-refractivity contribution in [2.45, 2.75) is 26.7 Å². The van der Waals surface area contributed by atoms with Crippen LogP contribution in [0.25, 0.3) is 5.69 Å². The molecular weight excluding hydrogens is 388 g/mol. The standard InChI is InChI=1S/C24H26N6O/c1-17(2)22-21(16-27-30(22)20-8-6-18(3)7-9-20)24(31)29-13-11-28(12-14-29)23-19(15-25)5-4-10-26-23/h4-10,16-17H,11-14H2,1-3H3. The molecule has 1 fully saturated rings. The van der Waals surface area contributed by atoms with Crippen LogP contribution < -0.4 is 4.90 Å². The molecule has 0 aliphatic carbocycles. The highest BCUT2D eigenvalue weighted by Crippen LogP contribution is 2.25. The zero-order valence-electron chi connectivity index (χ0n) is 18.1. The molecule has 158 valence electrons. The third-order valence-corrected chi connectivity index (χ3v) is 5.64. The molecule has 3 heterocycles. The molecule has 0 bridgehead atoms. The van der Waals surface area contributed by atoms with Crippen molar-refractivity contribution in [3.63, 3.8) is 0 Å². The zero-order chi connectivity index (χ0) is 22.0. The van der Waals surface area contributed by atoms with Crippen LogP contribution in [-0.4, -0.2) is 51.8 Å². The van der Waals surface area contributed by atoms with Crippen molar-refractivity contribution in [1.29, 1.82) is 5.26 Å². The summed E-state index contributed by atoms with van der Waals surface area (Å²) in [6.07, 6.45) is 3.39. The van der Waals surface area contributed by atoms with Crippen LogP contribution in [0.5, 0.6) is 0 Å². The molecule has 3 aromatic rings. The third-order valence-electron chi connectivity index (χ3n) is 5.64. The lowest BCUT2D eigenvalue weighted by molar-refractivity contribution is 0.0745. The van der Waals surface area contributed by atoms with Crippen LogP contribution >= 0.6 is 0 Å². The van der Waals surface area contributed by atoms with Gasteiger partial charge in [-0.15, -0.1) is 0 Å². The van der Waals surface area contributed by atoms with Crippen LogP contribution in [0.15, 0.2) is 48.8 Å². The maximum absolute atomic E-state index is 13.4. The predicted molar refractivity (Wildman–Crippen MR) is 119 cm³/mol. The highest BCUT2D eigenvalue weighted by molar-refractivity contribution is 5.95. The van der Waals surface area contributed by atoms with E-state index in [1.165, 1.54) is 5.56 Å². The lowest BCUT2D eigenvalue weighted by Crippen LogP contribution is -2.49. The van der Waals surface area contributed by atoms with Crippen LogP contribution in [0.2, 0.25) is 0 Å². The van der Waals surface area contributed by atoms with Crippen LogP contribution in [0.3, 0.4) is 0 Å². The van der Waals surface area contributed by atoms with Gasteiger partial charge in [0.1, 0.15) is 11.9 Å². The normalized spacial score (nSPS) is 14.0. The monoisotopic (exact) mass is 414 g/mol. The molecule has 4 rings (SSSR count). The topological polar surface area (TPSA) is 78.1 Å². The van der Waals surface area contributed by atoms with Gasteiger partial charge < -0.3 is 9.80 Å². The number of carbonyl (C=O) groups excluding carboxylic acids is 1. The minimum Gasteiger partial charge on any atom is -0.352 e. The van der Waals surface area contributed by atoms with Gasteiger partial charge in [-0.3, -0.25) is 4.79 Å². The number of pyridine rings is 1. The van der Waals surface area contributed by atoms with Crippen molar-refractivity contribution >= 4 is 11.7 Å². The van der Waals surface area contributed by atoms with Gasteiger partial charge in [0.2, 0.25) is 0 Å². The fourth-order valence-electron chi connectivity index (χ4n) is 4.00. The lowest BCUT2D eigenvalue weighted by atomic mass is 10.0. The highest BCUT2D eigenvalue weighted by Gasteiger charge is 2.28. The maximum atomic E-state index is 13.4. The summed E-state index contributed by atoms with van der Waals surface area (Å²) in [6, 6.07) is 13.9. The van der Waals surface area contributed by atoms with Crippen LogP contribution in [-0.2, 0) is 0 Å². The average molecular weight is 415 g/mol. The maximum Gasteiger partial charge on any atom is 0.257 e. The number of hydrogen-bond acceptors (Lipinski definition) is 5. The van der Waals surface area contributed by atoms with Gasteiger partial charge in [-0.25, -0.2) is 9.67 Å². The number of aryl methyl sites for hydroxylation is 1. The number of anilines is 1. The molecule has 0 radical (unpaired) electrons.